The molecule has 1 unspecified atom stereocenters. The fraction of sp³-hybridized carbons (Fsp3) is 0.318. The van der Waals surface area contributed by atoms with E-state index in [0.29, 0.717) is 5.92 Å². The van der Waals surface area contributed by atoms with E-state index in [0.717, 1.165) is 28.5 Å². The number of thiol groups is 1. The summed E-state index contributed by atoms with van der Waals surface area (Å²) in [6, 6.07) is 16.2. The molecule has 3 rings (SSSR count). The Morgan fingerprint density at radius 3 is 1.92 bits per heavy atom. The van der Waals surface area contributed by atoms with E-state index >= 15 is 0 Å². The zero-order valence-corrected chi connectivity index (χ0v) is 16.1. The van der Waals surface area contributed by atoms with Crippen molar-refractivity contribution in [3.05, 3.63) is 66.5 Å². The third-order valence-electron chi connectivity index (χ3n) is 4.57. The lowest BCUT2D eigenvalue weighted by atomic mass is 9.93. The highest BCUT2D eigenvalue weighted by Crippen LogP contribution is 2.29. The zero-order valence-electron chi connectivity index (χ0n) is 15.2. The van der Waals surface area contributed by atoms with E-state index in [1.54, 1.807) is 0 Å². The first kappa shape index (κ1) is 18.6. The summed E-state index contributed by atoms with van der Waals surface area (Å²) < 4.78 is 0. The summed E-state index contributed by atoms with van der Waals surface area (Å²) in [6.45, 7) is 2.29. The molecule has 0 saturated heterocycles. The van der Waals surface area contributed by atoms with Crippen molar-refractivity contribution >= 4 is 12.6 Å². The highest BCUT2D eigenvalue weighted by molar-refractivity contribution is 7.80. The predicted octanol–water partition coefficient (Wildman–Crippen LogP) is 5.80. The van der Waals surface area contributed by atoms with Gasteiger partial charge in [0.1, 0.15) is 0 Å². The van der Waals surface area contributed by atoms with Crippen molar-refractivity contribution in [1.82, 2.24) is 15.0 Å². The standard InChI is InChI=1S/C22H25N3S/c1-17(9-3-2-8-14-26)18-15-21(19-10-4-6-12-23-19)25-22(16-18)20-11-5-7-13-24-20/h4-7,10-13,15-17,26H,2-3,8-9,14H2,1H3. The van der Waals surface area contributed by atoms with Crippen LogP contribution in [0.3, 0.4) is 0 Å². The van der Waals surface area contributed by atoms with E-state index in [2.05, 4.69) is 41.7 Å². The second kappa shape index (κ2) is 9.48. The van der Waals surface area contributed by atoms with Crippen LogP contribution in [0.15, 0.2) is 60.9 Å². The van der Waals surface area contributed by atoms with Crippen molar-refractivity contribution in [2.75, 3.05) is 5.75 Å². The van der Waals surface area contributed by atoms with Gasteiger partial charge in [0, 0.05) is 12.4 Å². The number of unbranched alkanes of at least 4 members (excludes halogenated alkanes) is 2. The summed E-state index contributed by atoms with van der Waals surface area (Å²) >= 11 is 4.30. The summed E-state index contributed by atoms with van der Waals surface area (Å²) in [5.41, 5.74) is 4.91. The molecule has 3 heterocycles. The van der Waals surface area contributed by atoms with Crippen molar-refractivity contribution in [3.8, 4) is 22.8 Å². The van der Waals surface area contributed by atoms with E-state index < -0.39 is 0 Å². The Kier molecular flexibility index (Phi) is 6.78. The third-order valence-corrected chi connectivity index (χ3v) is 4.88. The van der Waals surface area contributed by atoms with Crippen LogP contribution in [0.25, 0.3) is 22.8 Å². The molecular weight excluding hydrogens is 338 g/mol. The van der Waals surface area contributed by atoms with Gasteiger partial charge in [0.25, 0.3) is 0 Å². The number of pyridine rings is 3. The lowest BCUT2D eigenvalue weighted by Gasteiger charge is -2.15. The Hall–Kier alpha value is -2.20. The number of rotatable bonds is 8. The molecule has 3 aromatic heterocycles. The Morgan fingerprint density at radius 2 is 1.42 bits per heavy atom. The monoisotopic (exact) mass is 363 g/mol. The molecule has 0 aliphatic rings. The molecule has 26 heavy (non-hydrogen) atoms. The van der Waals surface area contributed by atoms with Crippen molar-refractivity contribution in [2.24, 2.45) is 0 Å². The van der Waals surface area contributed by atoms with Crippen LogP contribution in [0, 0.1) is 0 Å². The van der Waals surface area contributed by atoms with Crippen LogP contribution < -0.4 is 0 Å². The Labute approximate surface area is 161 Å². The van der Waals surface area contributed by atoms with Gasteiger partial charge < -0.3 is 0 Å². The first-order valence-electron chi connectivity index (χ1n) is 9.23. The maximum Gasteiger partial charge on any atom is 0.0897 e. The van der Waals surface area contributed by atoms with Gasteiger partial charge in [-0.05, 0) is 66.5 Å². The van der Waals surface area contributed by atoms with Gasteiger partial charge in [0.05, 0.1) is 22.8 Å². The minimum atomic E-state index is 0.475. The molecule has 0 fully saturated rings. The van der Waals surface area contributed by atoms with E-state index in [4.69, 9.17) is 4.98 Å². The molecule has 0 aliphatic heterocycles. The molecule has 0 spiro atoms. The molecular formula is C22H25N3S. The molecule has 0 aliphatic carbocycles. The second-order valence-electron chi connectivity index (χ2n) is 6.57. The molecule has 4 heteroatoms. The second-order valence-corrected chi connectivity index (χ2v) is 7.02. The van der Waals surface area contributed by atoms with Crippen LogP contribution in [0.1, 0.15) is 44.1 Å². The Morgan fingerprint density at radius 1 is 0.808 bits per heavy atom. The third kappa shape index (κ3) is 4.92. The van der Waals surface area contributed by atoms with Gasteiger partial charge in [-0.25, -0.2) is 4.98 Å². The first-order valence-corrected chi connectivity index (χ1v) is 9.87. The van der Waals surface area contributed by atoms with Gasteiger partial charge in [-0.1, -0.05) is 31.9 Å². The average Bonchev–Trinajstić information content (AvgIpc) is 2.72. The molecule has 0 radical (unpaired) electrons. The van der Waals surface area contributed by atoms with Crippen molar-refractivity contribution in [3.63, 3.8) is 0 Å². The summed E-state index contributed by atoms with van der Waals surface area (Å²) in [5.74, 6) is 1.44. The molecule has 0 aromatic carbocycles. The normalized spacial score (nSPS) is 12.1. The fourth-order valence-electron chi connectivity index (χ4n) is 3.03. The fourth-order valence-corrected chi connectivity index (χ4v) is 3.26. The maximum absolute atomic E-state index is 4.83. The van der Waals surface area contributed by atoms with Crippen LogP contribution in [0.5, 0.6) is 0 Å². The molecule has 134 valence electrons. The summed E-state index contributed by atoms with van der Waals surface area (Å²) in [5, 5.41) is 0. The van der Waals surface area contributed by atoms with E-state index in [9.17, 15) is 0 Å². The number of hydrogen-bond donors (Lipinski definition) is 1. The molecule has 3 aromatic rings. The molecule has 0 bridgehead atoms. The zero-order chi connectivity index (χ0) is 18.2. The van der Waals surface area contributed by atoms with Gasteiger partial charge >= 0.3 is 0 Å². The van der Waals surface area contributed by atoms with E-state index in [-0.39, 0.29) is 0 Å². The van der Waals surface area contributed by atoms with E-state index in [1.165, 1.54) is 31.2 Å². The maximum atomic E-state index is 4.83. The van der Waals surface area contributed by atoms with E-state index in [1.807, 2.05) is 48.8 Å². The molecule has 0 saturated carbocycles. The number of nitrogens with zero attached hydrogens (tertiary/aromatic N) is 3. The van der Waals surface area contributed by atoms with Crippen LogP contribution in [0.2, 0.25) is 0 Å². The lowest BCUT2D eigenvalue weighted by Crippen LogP contribution is -1.99. The van der Waals surface area contributed by atoms with Gasteiger partial charge in [-0.3, -0.25) is 9.97 Å². The first-order chi connectivity index (χ1) is 12.8. The highest BCUT2D eigenvalue weighted by atomic mass is 32.1. The molecule has 0 N–H and O–H groups in total. The topological polar surface area (TPSA) is 38.7 Å². The highest BCUT2D eigenvalue weighted by Gasteiger charge is 2.13. The van der Waals surface area contributed by atoms with Gasteiger partial charge in [0.2, 0.25) is 0 Å². The van der Waals surface area contributed by atoms with Gasteiger partial charge in [-0.2, -0.15) is 12.6 Å². The van der Waals surface area contributed by atoms with Gasteiger partial charge in [-0.15, -0.1) is 0 Å². The Bertz CT molecular complexity index is 748. The SMILES string of the molecule is CC(CCCCCS)c1cc(-c2ccccn2)nc(-c2ccccn2)c1. The summed E-state index contributed by atoms with van der Waals surface area (Å²) in [7, 11) is 0. The summed E-state index contributed by atoms with van der Waals surface area (Å²) in [4.78, 5) is 13.8. The van der Waals surface area contributed by atoms with Crippen LogP contribution in [-0.2, 0) is 0 Å². The minimum Gasteiger partial charge on any atom is -0.255 e. The molecule has 3 nitrogen and oxygen atoms in total. The molecule has 0 amide bonds. The van der Waals surface area contributed by atoms with Crippen LogP contribution in [0.4, 0.5) is 0 Å². The predicted molar refractivity (Wildman–Crippen MR) is 111 cm³/mol. The minimum absolute atomic E-state index is 0.475. The van der Waals surface area contributed by atoms with Crippen LogP contribution >= 0.6 is 12.6 Å². The van der Waals surface area contributed by atoms with Gasteiger partial charge in [0.15, 0.2) is 0 Å². The quantitative estimate of drug-likeness (QED) is 0.406. The number of aromatic nitrogens is 3. The van der Waals surface area contributed by atoms with Crippen molar-refractivity contribution in [2.45, 2.75) is 38.5 Å². The summed E-state index contributed by atoms with van der Waals surface area (Å²) in [6.07, 6.45) is 8.43. The number of hydrogen-bond acceptors (Lipinski definition) is 4. The van der Waals surface area contributed by atoms with Crippen LogP contribution in [-0.4, -0.2) is 20.7 Å². The van der Waals surface area contributed by atoms with Crippen molar-refractivity contribution < 1.29 is 0 Å². The smallest absolute Gasteiger partial charge is 0.0897 e. The Balaban J connectivity index is 1.93. The van der Waals surface area contributed by atoms with Crippen molar-refractivity contribution in [1.29, 1.82) is 0 Å². The largest absolute Gasteiger partial charge is 0.255 e. The lowest BCUT2D eigenvalue weighted by molar-refractivity contribution is 0.600. The molecule has 1 atom stereocenters. The average molecular weight is 364 g/mol.